The third kappa shape index (κ3) is 5.26. The van der Waals surface area contributed by atoms with Crippen molar-refractivity contribution in [1.82, 2.24) is 4.90 Å². The van der Waals surface area contributed by atoms with Gasteiger partial charge in [-0.2, -0.15) is 13.2 Å². The zero-order valence-corrected chi connectivity index (χ0v) is 15.8. The van der Waals surface area contributed by atoms with Gasteiger partial charge in [-0.25, -0.2) is 9.18 Å². The highest BCUT2D eigenvalue weighted by Gasteiger charge is 2.35. The van der Waals surface area contributed by atoms with E-state index >= 15 is 0 Å². The van der Waals surface area contributed by atoms with Crippen molar-refractivity contribution < 1.29 is 31.4 Å². The highest BCUT2D eigenvalue weighted by atomic mass is 32.2. The number of imide groups is 1. The lowest BCUT2D eigenvalue weighted by atomic mass is 10.0. The van der Waals surface area contributed by atoms with Gasteiger partial charge < -0.3 is 0 Å². The van der Waals surface area contributed by atoms with Gasteiger partial charge in [0, 0.05) is 17.5 Å². The Kier molecular flexibility index (Phi) is 6.56. The minimum Gasteiger partial charge on any atom is -0.286 e. The lowest BCUT2D eigenvalue weighted by Gasteiger charge is -2.37. The van der Waals surface area contributed by atoms with E-state index in [9.17, 15) is 31.4 Å². The molecule has 0 aliphatic carbocycles. The van der Waals surface area contributed by atoms with Gasteiger partial charge in [-0.3, -0.25) is 18.8 Å². The van der Waals surface area contributed by atoms with Crippen LogP contribution in [0.2, 0.25) is 0 Å². The number of aryl methyl sites for hydroxylation is 1. The van der Waals surface area contributed by atoms with E-state index < -0.39 is 40.1 Å². The Labute approximate surface area is 151 Å². The van der Waals surface area contributed by atoms with Crippen molar-refractivity contribution in [2.75, 3.05) is 17.7 Å². The Balaban J connectivity index is 3.54. The molecule has 0 radical (unpaired) electrons. The molecule has 0 fully saturated rings. The van der Waals surface area contributed by atoms with Gasteiger partial charge in [-0.1, -0.05) is 0 Å². The molecular weight excluding hydrogens is 376 g/mol. The van der Waals surface area contributed by atoms with Crippen molar-refractivity contribution >= 4 is 28.9 Å². The van der Waals surface area contributed by atoms with Crippen LogP contribution >= 0.6 is 0 Å². The fourth-order valence-electron chi connectivity index (χ4n) is 2.24. The Morgan fingerprint density at radius 2 is 1.77 bits per heavy atom. The molecular formula is C16H20F4N2O3S. The highest BCUT2D eigenvalue weighted by molar-refractivity contribution is 7.85. The first kappa shape index (κ1) is 22.1. The molecule has 0 N–H and O–H groups in total. The largest absolute Gasteiger partial charge is 0.400 e. The van der Waals surface area contributed by atoms with Crippen molar-refractivity contribution in [1.29, 1.82) is 0 Å². The minimum atomic E-state index is -4.66. The second kappa shape index (κ2) is 7.73. The first-order valence-corrected chi connectivity index (χ1v) is 8.78. The third-order valence-electron chi connectivity index (χ3n) is 3.35. The molecule has 26 heavy (non-hydrogen) atoms. The van der Waals surface area contributed by atoms with Crippen molar-refractivity contribution in [3.63, 3.8) is 0 Å². The molecule has 0 bridgehead atoms. The summed E-state index contributed by atoms with van der Waals surface area (Å²) in [6.45, 7) is 6.02. The fourth-order valence-corrected chi connectivity index (χ4v) is 3.35. The molecule has 0 saturated heterocycles. The lowest BCUT2D eigenvalue weighted by Crippen LogP contribution is -2.51. The van der Waals surface area contributed by atoms with Crippen molar-refractivity contribution in [2.24, 2.45) is 0 Å². The first-order valence-electron chi connectivity index (χ1n) is 7.46. The number of carbonyl (C=O) groups excluding carboxylic acids is 2. The van der Waals surface area contributed by atoms with Crippen LogP contribution in [0.4, 0.5) is 28.0 Å². The first-order chi connectivity index (χ1) is 11.7. The van der Waals surface area contributed by atoms with E-state index in [-0.39, 0.29) is 22.6 Å². The van der Waals surface area contributed by atoms with Gasteiger partial charge in [-0.05, 0) is 45.4 Å². The maximum Gasteiger partial charge on any atom is 0.400 e. The molecule has 3 amide bonds. The second-order valence-electron chi connectivity index (χ2n) is 6.68. The zero-order chi connectivity index (χ0) is 20.4. The summed E-state index contributed by atoms with van der Waals surface area (Å²) in [5.74, 6) is -2.46. The minimum absolute atomic E-state index is 0.0684. The number of anilines is 1. The Morgan fingerprint density at radius 3 is 2.19 bits per heavy atom. The van der Waals surface area contributed by atoms with Crippen LogP contribution in [0.25, 0.3) is 0 Å². The smallest absolute Gasteiger partial charge is 0.286 e. The average Bonchev–Trinajstić information content (AvgIpc) is 2.45. The van der Waals surface area contributed by atoms with Gasteiger partial charge in [0.15, 0.2) is 0 Å². The summed E-state index contributed by atoms with van der Waals surface area (Å²) < 4.78 is 64.3. The number of halogens is 4. The molecule has 146 valence electrons. The van der Waals surface area contributed by atoms with E-state index in [2.05, 4.69) is 0 Å². The fraction of sp³-hybridized carbons (Fsp3) is 0.500. The van der Waals surface area contributed by atoms with Crippen LogP contribution < -0.4 is 4.90 Å². The molecule has 1 unspecified atom stereocenters. The maximum atomic E-state index is 14.5. The average molecular weight is 396 g/mol. The van der Waals surface area contributed by atoms with Gasteiger partial charge in [0.1, 0.15) is 11.6 Å². The summed E-state index contributed by atoms with van der Waals surface area (Å²) in [4.78, 5) is 24.7. The third-order valence-corrected chi connectivity index (χ3v) is 4.87. The quantitative estimate of drug-likeness (QED) is 0.577. The van der Waals surface area contributed by atoms with Crippen LogP contribution in [0, 0.1) is 12.7 Å². The van der Waals surface area contributed by atoms with Gasteiger partial charge in [0.25, 0.3) is 0 Å². The second-order valence-corrected chi connectivity index (χ2v) is 8.10. The number of hydrogen-bond acceptors (Lipinski definition) is 3. The van der Waals surface area contributed by atoms with Gasteiger partial charge >= 0.3 is 12.2 Å². The van der Waals surface area contributed by atoms with E-state index in [1.807, 2.05) is 0 Å². The maximum absolute atomic E-state index is 14.5. The Bertz CT molecular complexity index is 729. The van der Waals surface area contributed by atoms with Crippen LogP contribution in [-0.4, -0.2) is 46.1 Å². The SMILES string of the molecule is Cc1cc(F)c(N(C(=O)N(C)C=O)C(C)(C)C)cc1S(=O)CC(F)(F)F. The monoisotopic (exact) mass is 396 g/mol. The Hall–Kier alpha value is -1.97. The molecule has 0 aliphatic rings. The molecule has 10 heteroatoms. The molecule has 1 aromatic rings. The van der Waals surface area contributed by atoms with E-state index in [0.717, 1.165) is 17.0 Å². The lowest BCUT2D eigenvalue weighted by molar-refractivity contribution is -0.114. The molecule has 0 saturated carbocycles. The molecule has 1 atom stereocenters. The molecule has 0 spiro atoms. The van der Waals surface area contributed by atoms with Gasteiger partial charge in [-0.15, -0.1) is 0 Å². The number of benzene rings is 1. The number of urea groups is 1. The standard InChI is InChI=1S/C16H20F4N2O3S/c1-10-6-11(17)12(7-13(10)26(25)8-16(18,19)20)22(15(2,3)4)14(24)21(5)9-23/h6-7,9H,8H2,1-5H3. The normalized spacial score (nSPS) is 13.3. The predicted molar refractivity (Wildman–Crippen MR) is 89.9 cm³/mol. The van der Waals surface area contributed by atoms with E-state index in [4.69, 9.17) is 0 Å². The van der Waals surface area contributed by atoms with E-state index in [1.54, 1.807) is 20.8 Å². The molecule has 0 aliphatic heterocycles. The summed E-state index contributed by atoms with van der Waals surface area (Å²) in [6.07, 6.45) is -4.43. The summed E-state index contributed by atoms with van der Waals surface area (Å²) in [5, 5.41) is 0. The summed E-state index contributed by atoms with van der Waals surface area (Å²) in [5.41, 5.74) is -1.29. The van der Waals surface area contributed by atoms with Crippen LogP contribution in [0.5, 0.6) is 0 Å². The summed E-state index contributed by atoms with van der Waals surface area (Å²) >= 11 is 0. The summed E-state index contributed by atoms with van der Waals surface area (Å²) in [7, 11) is -1.30. The number of carbonyl (C=O) groups is 2. The van der Waals surface area contributed by atoms with Crippen LogP contribution in [0.15, 0.2) is 17.0 Å². The Morgan fingerprint density at radius 1 is 1.23 bits per heavy atom. The molecule has 1 rings (SSSR count). The number of hydrogen-bond donors (Lipinski definition) is 0. The molecule has 0 heterocycles. The number of alkyl halides is 3. The number of rotatable bonds is 4. The number of amides is 3. The van der Waals surface area contributed by atoms with Crippen molar-refractivity contribution in [3.8, 4) is 0 Å². The van der Waals surface area contributed by atoms with Crippen molar-refractivity contribution in [3.05, 3.63) is 23.5 Å². The molecule has 5 nitrogen and oxygen atoms in total. The van der Waals surface area contributed by atoms with Crippen LogP contribution in [0.3, 0.4) is 0 Å². The zero-order valence-electron chi connectivity index (χ0n) is 15.0. The molecule has 1 aromatic carbocycles. The van der Waals surface area contributed by atoms with E-state index in [1.165, 1.54) is 14.0 Å². The van der Waals surface area contributed by atoms with E-state index in [0.29, 0.717) is 4.90 Å². The predicted octanol–water partition coefficient (Wildman–Crippen LogP) is 3.62. The van der Waals surface area contributed by atoms with Crippen LogP contribution in [0.1, 0.15) is 26.3 Å². The molecule has 0 aromatic heterocycles. The highest BCUT2D eigenvalue weighted by Crippen LogP contribution is 2.32. The van der Waals surface area contributed by atoms with Gasteiger partial charge in [0.05, 0.1) is 16.5 Å². The summed E-state index contributed by atoms with van der Waals surface area (Å²) in [6, 6.07) is 1.02. The number of nitrogens with zero attached hydrogens (tertiary/aromatic N) is 2. The van der Waals surface area contributed by atoms with Crippen molar-refractivity contribution in [2.45, 2.75) is 44.3 Å². The van der Waals surface area contributed by atoms with Gasteiger partial charge in [0.2, 0.25) is 6.41 Å². The van der Waals surface area contributed by atoms with Crippen LogP contribution in [-0.2, 0) is 15.6 Å². The topological polar surface area (TPSA) is 57.7 Å².